The Bertz CT molecular complexity index is 1730. The maximum atomic E-state index is 13.8. The van der Waals surface area contributed by atoms with Crippen molar-refractivity contribution >= 4 is 56.9 Å². The molecule has 46 heavy (non-hydrogen) atoms. The number of esters is 1. The van der Waals surface area contributed by atoms with Gasteiger partial charge in [-0.1, -0.05) is 29.3 Å². The van der Waals surface area contributed by atoms with Gasteiger partial charge in [-0.05, 0) is 42.5 Å². The van der Waals surface area contributed by atoms with Crippen LogP contribution in [0.1, 0.15) is 40.6 Å². The quantitative estimate of drug-likeness (QED) is 0.205. The first-order chi connectivity index (χ1) is 21.7. The summed E-state index contributed by atoms with van der Waals surface area (Å²) in [7, 11) is -1.04. The zero-order valence-electron chi connectivity index (χ0n) is 24.7. The van der Waals surface area contributed by atoms with Crippen molar-refractivity contribution in [3.05, 3.63) is 69.7 Å². The van der Waals surface area contributed by atoms with Gasteiger partial charge in [-0.3, -0.25) is 4.79 Å². The van der Waals surface area contributed by atoms with Gasteiger partial charge in [0, 0.05) is 37.5 Å². The maximum absolute atomic E-state index is 13.8. The van der Waals surface area contributed by atoms with Gasteiger partial charge in [-0.15, -0.1) is 11.8 Å². The van der Waals surface area contributed by atoms with Gasteiger partial charge in [-0.25, -0.2) is 17.8 Å². The fourth-order valence-electron chi connectivity index (χ4n) is 4.94. The van der Waals surface area contributed by atoms with E-state index in [1.807, 2.05) is 0 Å². The fourth-order valence-corrected chi connectivity index (χ4v) is 8.77. The molecule has 0 bridgehead atoms. The van der Waals surface area contributed by atoms with Gasteiger partial charge in [0.2, 0.25) is 10.0 Å². The van der Waals surface area contributed by atoms with Crippen molar-refractivity contribution in [3.8, 4) is 11.5 Å². The molecule has 1 aliphatic carbocycles. The van der Waals surface area contributed by atoms with E-state index >= 15 is 0 Å². The van der Waals surface area contributed by atoms with E-state index < -0.39 is 40.0 Å². The normalized spacial score (nSPS) is 17.7. The second kappa shape index (κ2) is 13.9. The lowest BCUT2D eigenvalue weighted by atomic mass is 10.0. The molecule has 2 fully saturated rings. The Morgan fingerprint density at radius 1 is 1.15 bits per heavy atom. The first-order valence-electron chi connectivity index (χ1n) is 14.1. The number of amides is 1. The lowest BCUT2D eigenvalue weighted by Crippen LogP contribution is -2.40. The van der Waals surface area contributed by atoms with Crippen LogP contribution in [0.2, 0.25) is 10.0 Å². The van der Waals surface area contributed by atoms with Crippen molar-refractivity contribution in [2.75, 3.05) is 18.9 Å². The molecule has 1 aromatic carbocycles. The molecular weight excluding hydrogens is 689 g/mol. The molecular formula is C29H31Cl2F2N4O7S2+. The molecule has 0 unspecified atom stereocenters. The summed E-state index contributed by atoms with van der Waals surface area (Å²) in [5.41, 5.74) is 6.14. The molecule has 1 saturated carbocycles. The van der Waals surface area contributed by atoms with Crippen molar-refractivity contribution in [1.29, 1.82) is 0 Å². The predicted molar refractivity (Wildman–Crippen MR) is 166 cm³/mol. The van der Waals surface area contributed by atoms with E-state index in [9.17, 15) is 26.8 Å². The predicted octanol–water partition coefficient (Wildman–Crippen LogP) is 4.24. The summed E-state index contributed by atoms with van der Waals surface area (Å²) in [5, 5.41) is -0.698. The summed E-state index contributed by atoms with van der Waals surface area (Å²) in [6.45, 7) is -2.80. The van der Waals surface area contributed by atoms with Gasteiger partial charge in [0.25, 0.3) is 5.91 Å². The number of carbonyl (C=O) groups is 2. The fraction of sp³-hybridized carbons (Fsp3) is 0.414. The Morgan fingerprint density at radius 3 is 2.46 bits per heavy atom. The highest BCUT2D eigenvalue weighted by atomic mass is 35.5. The van der Waals surface area contributed by atoms with Crippen LogP contribution >= 0.6 is 35.0 Å². The van der Waals surface area contributed by atoms with Crippen LogP contribution in [-0.4, -0.2) is 60.1 Å². The number of aryl methyl sites for hydroxylation is 2. The molecule has 3 aromatic rings. The molecule has 0 spiro atoms. The molecule has 2 aliphatic rings. The number of sulfonamides is 1. The number of alkyl halides is 2. The molecule has 1 amide bonds. The second-order valence-electron chi connectivity index (χ2n) is 10.9. The van der Waals surface area contributed by atoms with Crippen LogP contribution in [-0.2, 0) is 40.1 Å². The highest BCUT2D eigenvalue weighted by molar-refractivity contribution is 8.02. The average Bonchev–Trinajstić information content (AvgIpc) is 3.49. The van der Waals surface area contributed by atoms with Crippen LogP contribution < -0.4 is 19.8 Å². The van der Waals surface area contributed by atoms with Crippen LogP contribution in [0.3, 0.4) is 0 Å². The number of halogens is 4. The Hall–Kier alpha value is -3.11. The van der Waals surface area contributed by atoms with Crippen LogP contribution in [0.15, 0.2) is 47.8 Å². The monoisotopic (exact) mass is 719 g/mol. The topological polar surface area (TPSA) is 134 Å². The molecule has 11 nitrogen and oxygen atoms in total. The second-order valence-corrected chi connectivity index (χ2v) is 14.8. The minimum atomic E-state index is -4.25. The highest BCUT2D eigenvalue weighted by Gasteiger charge is 2.43. The number of rotatable bonds is 13. The average molecular weight is 721 g/mol. The van der Waals surface area contributed by atoms with Crippen LogP contribution in [0.5, 0.6) is 11.5 Å². The van der Waals surface area contributed by atoms with Crippen molar-refractivity contribution in [3.63, 3.8) is 0 Å². The number of aromatic nitrogens is 2. The number of benzene rings is 1. The van der Waals surface area contributed by atoms with Crippen molar-refractivity contribution in [2.24, 2.45) is 25.7 Å². The van der Waals surface area contributed by atoms with Gasteiger partial charge >= 0.3 is 12.6 Å². The minimum Gasteiger partial charge on any atom is -0.489 e. The van der Waals surface area contributed by atoms with Crippen LogP contribution in [0.25, 0.3) is 0 Å². The Labute approximate surface area is 278 Å². The molecule has 248 valence electrons. The van der Waals surface area contributed by atoms with Gasteiger partial charge in [0.05, 0.1) is 6.61 Å². The van der Waals surface area contributed by atoms with Crippen molar-refractivity contribution in [1.82, 2.24) is 8.87 Å². The van der Waals surface area contributed by atoms with Crippen molar-refractivity contribution in [2.45, 2.75) is 42.2 Å². The van der Waals surface area contributed by atoms with Crippen LogP contribution in [0.4, 0.5) is 8.78 Å². The number of nitrogens with zero attached hydrogens (tertiary/aromatic N) is 3. The Morgan fingerprint density at radius 2 is 1.85 bits per heavy atom. The third kappa shape index (κ3) is 7.71. The molecule has 3 heterocycles. The molecule has 17 heteroatoms. The van der Waals surface area contributed by atoms with E-state index in [2.05, 4.69) is 4.74 Å². The number of hydrogen-bond donors (Lipinski definition) is 1. The number of thioether (sulfide) groups is 1. The summed E-state index contributed by atoms with van der Waals surface area (Å²) in [4.78, 5) is 25.3. The van der Waals surface area contributed by atoms with E-state index in [0.29, 0.717) is 29.4 Å². The number of ether oxygens (including phenoxy) is 3. The number of primary amides is 1. The minimum absolute atomic E-state index is 0.00386. The zero-order valence-corrected chi connectivity index (χ0v) is 27.8. The van der Waals surface area contributed by atoms with Gasteiger partial charge in [-0.2, -0.15) is 13.1 Å². The molecule has 2 atom stereocenters. The Balaban J connectivity index is 1.47. The number of pyridine rings is 1. The van der Waals surface area contributed by atoms with Crippen molar-refractivity contribution < 1.29 is 45.6 Å². The lowest BCUT2D eigenvalue weighted by molar-refractivity contribution is -0.671. The van der Waals surface area contributed by atoms with Crippen LogP contribution in [0, 0.1) is 5.92 Å². The molecule has 2 aromatic heterocycles. The smallest absolute Gasteiger partial charge is 0.387 e. The summed E-state index contributed by atoms with van der Waals surface area (Å²) >= 11 is 14.1. The molecule has 1 aliphatic heterocycles. The largest absolute Gasteiger partial charge is 0.489 e. The SMILES string of the molecule is Cn1cc(S(=O)(=O)N2CCS[C@H]2C(=O)O[C@@H](Cc2c(Cl)c[n+](C)cc2Cl)c2ccc(OC(F)F)c(OCC3CC3)c2)cc1C(N)=O. The standard InChI is InChI=1S/C29H30Cl2F2N4O7S2/c1-35-13-20(30)19(21(31)14-35)11-24(17-5-6-23(44-29(32)33)25(9-17)42-15-16-3-4-16)43-28(39)27-37(7-8-45-27)46(40,41)18-10-22(26(34)38)36(2)12-18/h5-6,9-10,12-14,16,24,27,29H,3-4,7-8,11,15H2,1-2H3,(H-,34,38)/p+1/t24-,27-/m0/s1. The summed E-state index contributed by atoms with van der Waals surface area (Å²) in [6.07, 6.45) is 5.26. The first kappa shape index (κ1) is 34.2. The van der Waals surface area contributed by atoms with E-state index in [0.717, 1.165) is 35.0 Å². The third-order valence-corrected chi connectivity index (χ3v) is 11.3. The maximum Gasteiger partial charge on any atom is 0.387 e. The molecule has 0 radical (unpaired) electrons. The number of carbonyl (C=O) groups excluding carboxylic acids is 2. The van der Waals surface area contributed by atoms with E-state index in [1.54, 1.807) is 24.0 Å². The van der Waals surface area contributed by atoms with Gasteiger partial charge in [0.1, 0.15) is 33.8 Å². The molecule has 1 saturated heterocycles. The summed E-state index contributed by atoms with van der Waals surface area (Å²) in [6, 6.07) is 5.35. The zero-order chi connectivity index (χ0) is 33.3. The van der Waals surface area contributed by atoms with E-state index in [4.69, 9.17) is 38.4 Å². The van der Waals surface area contributed by atoms with E-state index in [-0.39, 0.29) is 45.1 Å². The summed E-state index contributed by atoms with van der Waals surface area (Å²) < 4.78 is 74.0. The lowest BCUT2D eigenvalue weighted by Gasteiger charge is -2.25. The summed E-state index contributed by atoms with van der Waals surface area (Å²) in [5.74, 6) is -1.23. The van der Waals surface area contributed by atoms with Gasteiger partial charge < -0.3 is 24.5 Å². The molecule has 5 rings (SSSR count). The number of hydrogen-bond acceptors (Lipinski definition) is 8. The molecule has 2 N–H and O–H groups in total. The first-order valence-corrected chi connectivity index (χ1v) is 17.3. The Kier molecular flexibility index (Phi) is 10.4. The van der Waals surface area contributed by atoms with E-state index in [1.165, 1.54) is 36.0 Å². The third-order valence-electron chi connectivity index (χ3n) is 7.48. The highest BCUT2D eigenvalue weighted by Crippen LogP contribution is 2.39. The number of nitrogens with two attached hydrogens (primary N) is 1. The van der Waals surface area contributed by atoms with Gasteiger partial charge in [0.15, 0.2) is 29.3 Å².